The molecule has 0 radical (unpaired) electrons. The van der Waals surface area contributed by atoms with Crippen LogP contribution in [0.3, 0.4) is 0 Å². The zero-order valence-electron chi connectivity index (χ0n) is 19.5. The summed E-state index contributed by atoms with van der Waals surface area (Å²) in [6.45, 7) is 4.90. The van der Waals surface area contributed by atoms with Gasteiger partial charge in [-0.2, -0.15) is 0 Å². The summed E-state index contributed by atoms with van der Waals surface area (Å²) in [6, 6.07) is 9.15. The van der Waals surface area contributed by atoms with Crippen molar-refractivity contribution in [2.24, 2.45) is 29.5 Å². The first-order valence-electron chi connectivity index (χ1n) is 11.2. The Hall–Kier alpha value is -2.27. The van der Waals surface area contributed by atoms with Crippen LogP contribution < -0.4 is 22.1 Å². The van der Waals surface area contributed by atoms with Gasteiger partial charge in [-0.05, 0) is 49.8 Å². The number of hydroxylamine groups is 1. The number of rotatable bonds is 10. The molecule has 1 aliphatic heterocycles. The zero-order chi connectivity index (χ0) is 24.6. The number of carbonyl (C=O) groups excluding carboxylic acids is 2. The lowest BCUT2D eigenvalue weighted by molar-refractivity contribution is -0.142. The van der Waals surface area contributed by atoms with E-state index in [1.54, 1.807) is 17.6 Å². The highest BCUT2D eigenvalue weighted by Crippen LogP contribution is 2.45. The van der Waals surface area contributed by atoms with E-state index in [9.17, 15) is 23.2 Å². The van der Waals surface area contributed by atoms with Crippen molar-refractivity contribution in [3.8, 4) is 0 Å². The molecule has 0 bridgehead atoms. The molecular weight excluding hydrogens is 444 g/mol. The van der Waals surface area contributed by atoms with Gasteiger partial charge in [0.25, 0.3) is 0 Å². The summed E-state index contributed by atoms with van der Waals surface area (Å²) in [5.74, 6) is 0.909. The van der Waals surface area contributed by atoms with E-state index in [0.717, 1.165) is 11.8 Å². The highest BCUT2D eigenvalue weighted by atomic mass is 32.2. The topological polar surface area (TPSA) is 151 Å². The number of piperidine rings is 1. The first-order chi connectivity index (χ1) is 15.6. The quantitative estimate of drug-likeness (QED) is 0.146. The van der Waals surface area contributed by atoms with Crippen molar-refractivity contribution in [2.75, 3.05) is 19.3 Å². The van der Waals surface area contributed by atoms with Crippen LogP contribution in [0.4, 0.5) is 0 Å². The predicted octanol–water partition coefficient (Wildman–Crippen LogP) is 1.26. The molecule has 9 nitrogen and oxygen atoms in total. The molecule has 0 spiro atoms. The van der Waals surface area contributed by atoms with Crippen LogP contribution in [0.5, 0.6) is 0 Å². The van der Waals surface area contributed by atoms with Gasteiger partial charge in [-0.25, -0.2) is 19.7 Å². The molecule has 1 aromatic rings. The van der Waals surface area contributed by atoms with Gasteiger partial charge >= 0.3 is 0 Å². The highest BCUT2D eigenvalue weighted by molar-refractivity contribution is 7.92. The first kappa shape index (κ1) is 27.0. The number of hydrazine groups is 1. The fourth-order valence-corrected chi connectivity index (χ4v) is 6.88. The van der Waals surface area contributed by atoms with Crippen LogP contribution in [0.1, 0.15) is 38.7 Å². The van der Waals surface area contributed by atoms with E-state index in [1.807, 2.05) is 44.2 Å². The van der Waals surface area contributed by atoms with Gasteiger partial charge in [0.1, 0.15) is 4.75 Å². The van der Waals surface area contributed by atoms with E-state index in [2.05, 4.69) is 10.7 Å². The second kappa shape index (κ2) is 11.7. The standard InChI is InChI=1S/C23H36N4O5S/c1-16(2)15-19(21(28)26-24)20(22(29)27-30)23(33(3,31)32,18-10-13-25-14-11-18)12-9-17-7-5-4-6-8-17/h4-9,12,16,18-20,25,30H,10-11,13-15,24H2,1-3H3,(H,26,28)(H,27,29)/b12-9+/t19-,20+,23?/m1/s1. The average molecular weight is 481 g/mol. The molecule has 0 aliphatic carbocycles. The minimum atomic E-state index is -3.98. The molecule has 3 atom stereocenters. The van der Waals surface area contributed by atoms with E-state index < -0.39 is 44.2 Å². The van der Waals surface area contributed by atoms with E-state index in [0.29, 0.717) is 25.9 Å². The molecule has 6 N–H and O–H groups in total. The Kier molecular flexibility index (Phi) is 9.59. The third-order valence-electron chi connectivity index (χ3n) is 6.44. The molecule has 0 aromatic heterocycles. The maximum absolute atomic E-state index is 13.6. The SMILES string of the molecule is CC(C)C[C@@H](C(=O)NN)[C@@H](C(=O)NO)C(/C=C/c1ccccc1)(C1CCNCC1)S(C)(=O)=O. The number of nitrogens with two attached hydrogens (primary N) is 1. The van der Waals surface area contributed by atoms with Gasteiger partial charge in [-0.1, -0.05) is 56.3 Å². The molecular formula is C23H36N4O5S. The van der Waals surface area contributed by atoms with Gasteiger partial charge < -0.3 is 5.32 Å². The fraction of sp³-hybridized carbons (Fsp3) is 0.565. The van der Waals surface area contributed by atoms with E-state index in [-0.39, 0.29) is 12.3 Å². The maximum atomic E-state index is 13.6. The maximum Gasteiger partial charge on any atom is 0.249 e. The second-order valence-corrected chi connectivity index (χ2v) is 11.3. The van der Waals surface area contributed by atoms with Crippen molar-refractivity contribution < 1.29 is 23.2 Å². The monoisotopic (exact) mass is 480 g/mol. The second-order valence-electron chi connectivity index (χ2n) is 9.09. The van der Waals surface area contributed by atoms with Crippen LogP contribution in [0.15, 0.2) is 36.4 Å². The van der Waals surface area contributed by atoms with Gasteiger partial charge in [0, 0.05) is 6.26 Å². The molecule has 10 heteroatoms. The Bertz CT molecular complexity index is 929. The minimum absolute atomic E-state index is 0.0373. The number of carbonyl (C=O) groups is 2. The molecule has 184 valence electrons. The van der Waals surface area contributed by atoms with Crippen LogP contribution in [-0.4, -0.2) is 49.5 Å². The lowest BCUT2D eigenvalue weighted by Crippen LogP contribution is -2.61. The number of amides is 2. The van der Waals surface area contributed by atoms with Crippen LogP contribution in [-0.2, 0) is 19.4 Å². The summed E-state index contributed by atoms with van der Waals surface area (Å²) in [5, 5.41) is 12.9. The molecule has 1 unspecified atom stereocenters. The normalized spacial score (nSPS) is 19.1. The molecule has 2 amide bonds. The average Bonchev–Trinajstić information content (AvgIpc) is 2.80. The zero-order valence-corrected chi connectivity index (χ0v) is 20.3. The minimum Gasteiger partial charge on any atom is -0.317 e. The molecule has 33 heavy (non-hydrogen) atoms. The first-order valence-corrected chi connectivity index (χ1v) is 13.1. The van der Waals surface area contributed by atoms with Crippen molar-refractivity contribution in [1.29, 1.82) is 0 Å². The van der Waals surface area contributed by atoms with Crippen molar-refractivity contribution in [2.45, 2.75) is 37.9 Å². The summed E-state index contributed by atoms with van der Waals surface area (Å²) in [6.07, 6.45) is 5.50. The molecule has 1 aliphatic rings. The Morgan fingerprint density at radius 2 is 1.82 bits per heavy atom. The lowest BCUT2D eigenvalue weighted by atomic mass is 9.68. The molecule has 1 saturated heterocycles. The smallest absolute Gasteiger partial charge is 0.249 e. The Morgan fingerprint density at radius 1 is 1.21 bits per heavy atom. The summed E-state index contributed by atoms with van der Waals surface area (Å²) in [4.78, 5) is 26.1. The van der Waals surface area contributed by atoms with Crippen molar-refractivity contribution >= 4 is 27.7 Å². The van der Waals surface area contributed by atoms with Crippen LogP contribution >= 0.6 is 0 Å². The Morgan fingerprint density at radius 3 is 2.30 bits per heavy atom. The summed E-state index contributed by atoms with van der Waals surface area (Å²) in [7, 11) is -3.98. The van der Waals surface area contributed by atoms with E-state index in [4.69, 9.17) is 5.84 Å². The lowest BCUT2D eigenvalue weighted by Gasteiger charge is -2.46. The van der Waals surface area contributed by atoms with Crippen LogP contribution in [0.25, 0.3) is 6.08 Å². The highest BCUT2D eigenvalue weighted by Gasteiger charge is 2.58. The third-order valence-corrected chi connectivity index (χ3v) is 8.45. The Labute approximate surface area is 196 Å². The molecule has 1 heterocycles. The largest absolute Gasteiger partial charge is 0.317 e. The van der Waals surface area contributed by atoms with E-state index >= 15 is 0 Å². The molecule has 1 aromatic carbocycles. The van der Waals surface area contributed by atoms with Crippen molar-refractivity contribution in [1.82, 2.24) is 16.2 Å². The molecule has 2 rings (SSSR count). The number of sulfone groups is 1. The summed E-state index contributed by atoms with van der Waals surface area (Å²) in [5.41, 5.74) is 4.49. The molecule has 1 fully saturated rings. The van der Waals surface area contributed by atoms with E-state index in [1.165, 1.54) is 0 Å². The number of benzene rings is 1. The number of hydrogen-bond acceptors (Lipinski definition) is 7. The van der Waals surface area contributed by atoms with Gasteiger partial charge in [0.15, 0.2) is 9.84 Å². The summed E-state index contributed by atoms with van der Waals surface area (Å²) < 4.78 is 25.5. The summed E-state index contributed by atoms with van der Waals surface area (Å²) >= 11 is 0. The third kappa shape index (κ3) is 6.20. The predicted molar refractivity (Wildman–Crippen MR) is 127 cm³/mol. The number of nitrogens with one attached hydrogen (secondary N) is 3. The van der Waals surface area contributed by atoms with Crippen molar-refractivity contribution in [3.05, 3.63) is 42.0 Å². The fourth-order valence-electron chi connectivity index (χ4n) is 5.00. The van der Waals surface area contributed by atoms with Gasteiger partial charge in [-0.3, -0.25) is 20.2 Å². The van der Waals surface area contributed by atoms with Gasteiger partial charge in [0.05, 0.1) is 11.8 Å². The Balaban J connectivity index is 2.84. The molecule has 0 saturated carbocycles. The van der Waals surface area contributed by atoms with Crippen LogP contribution in [0, 0.1) is 23.7 Å². The van der Waals surface area contributed by atoms with Crippen LogP contribution in [0.2, 0.25) is 0 Å². The van der Waals surface area contributed by atoms with Gasteiger partial charge in [-0.15, -0.1) is 0 Å². The number of hydrogen-bond donors (Lipinski definition) is 5. The van der Waals surface area contributed by atoms with Gasteiger partial charge in [0.2, 0.25) is 11.8 Å². The van der Waals surface area contributed by atoms with Crippen molar-refractivity contribution in [3.63, 3.8) is 0 Å².